The molecule has 0 aliphatic carbocycles. The number of nitrogens with two attached hydrogens (primary N) is 1. The van der Waals surface area contributed by atoms with E-state index in [1.54, 1.807) is 11.8 Å². The highest BCUT2D eigenvalue weighted by Crippen LogP contribution is 2.37. The van der Waals surface area contributed by atoms with Gasteiger partial charge in [-0.1, -0.05) is 53.2 Å². The summed E-state index contributed by atoms with van der Waals surface area (Å²) in [5.74, 6) is 0. The third kappa shape index (κ3) is 3.21. The van der Waals surface area contributed by atoms with Gasteiger partial charge in [0.15, 0.2) is 0 Å². The molecule has 0 radical (unpaired) electrons. The van der Waals surface area contributed by atoms with Gasteiger partial charge >= 0.3 is 0 Å². The molecule has 0 fully saturated rings. The van der Waals surface area contributed by atoms with E-state index in [0.29, 0.717) is 5.02 Å². The molecule has 1 nitrogen and oxygen atoms in total. The van der Waals surface area contributed by atoms with Gasteiger partial charge in [0.05, 0.1) is 10.0 Å². The first kappa shape index (κ1) is 13.8. The lowest BCUT2D eigenvalue weighted by atomic mass is 10.1. The van der Waals surface area contributed by atoms with Crippen molar-refractivity contribution in [2.75, 3.05) is 0 Å². The summed E-state index contributed by atoms with van der Waals surface area (Å²) in [5.41, 5.74) is 6.85. The summed E-state index contributed by atoms with van der Waals surface area (Å²) in [6.07, 6.45) is 0. The molecule has 0 heterocycles. The zero-order chi connectivity index (χ0) is 13.1. The molecule has 2 aromatic rings. The monoisotopic (exact) mass is 297 g/mol. The van der Waals surface area contributed by atoms with Gasteiger partial charge in [-0.3, -0.25) is 0 Å². The molecule has 0 aromatic heterocycles. The number of benzene rings is 2. The predicted molar refractivity (Wildman–Crippen MR) is 79.6 cm³/mol. The second-order valence-electron chi connectivity index (χ2n) is 4.01. The molecule has 2 N–H and O–H groups in total. The standard InChI is InChI=1S/C14H13Cl2NS/c1-9(17)10-6-7-14(12(16)8-10)18-13-5-3-2-4-11(13)15/h2-9H,17H2,1H3/t9-/m0/s1. The lowest BCUT2D eigenvalue weighted by molar-refractivity contribution is 0.817. The first-order valence-electron chi connectivity index (χ1n) is 5.55. The Bertz CT molecular complexity index is 555. The summed E-state index contributed by atoms with van der Waals surface area (Å²) >= 11 is 13.9. The zero-order valence-electron chi connectivity index (χ0n) is 9.86. The summed E-state index contributed by atoms with van der Waals surface area (Å²) < 4.78 is 0. The first-order chi connectivity index (χ1) is 8.58. The third-order valence-corrected chi connectivity index (χ3v) is 4.56. The fourth-order valence-electron chi connectivity index (χ4n) is 1.53. The lowest BCUT2D eigenvalue weighted by Gasteiger charge is -2.10. The van der Waals surface area contributed by atoms with Gasteiger partial charge in [0, 0.05) is 15.8 Å². The lowest BCUT2D eigenvalue weighted by Crippen LogP contribution is -2.04. The molecule has 0 saturated heterocycles. The minimum Gasteiger partial charge on any atom is -0.324 e. The van der Waals surface area contributed by atoms with E-state index < -0.39 is 0 Å². The number of hydrogen-bond donors (Lipinski definition) is 1. The van der Waals surface area contributed by atoms with Gasteiger partial charge < -0.3 is 5.73 Å². The smallest absolute Gasteiger partial charge is 0.0548 e. The van der Waals surface area contributed by atoms with Crippen LogP contribution in [0.15, 0.2) is 52.3 Å². The molecule has 0 aliphatic rings. The van der Waals surface area contributed by atoms with Crippen molar-refractivity contribution in [3.05, 3.63) is 58.1 Å². The Balaban J connectivity index is 2.28. The van der Waals surface area contributed by atoms with Crippen molar-refractivity contribution in [2.45, 2.75) is 22.8 Å². The molecule has 2 aromatic carbocycles. The van der Waals surface area contributed by atoms with E-state index >= 15 is 0 Å². The molecule has 0 saturated carbocycles. The van der Waals surface area contributed by atoms with Crippen LogP contribution in [0.1, 0.15) is 18.5 Å². The number of halogens is 2. The Kier molecular flexibility index (Phi) is 4.57. The van der Waals surface area contributed by atoms with E-state index in [1.165, 1.54) is 0 Å². The topological polar surface area (TPSA) is 26.0 Å². The van der Waals surface area contributed by atoms with Crippen LogP contribution in [0.4, 0.5) is 0 Å². The van der Waals surface area contributed by atoms with Crippen LogP contribution in [0.5, 0.6) is 0 Å². The normalized spacial score (nSPS) is 12.4. The highest BCUT2D eigenvalue weighted by atomic mass is 35.5. The van der Waals surface area contributed by atoms with Crippen LogP contribution in [0.3, 0.4) is 0 Å². The minimum atomic E-state index is -0.0122. The van der Waals surface area contributed by atoms with E-state index in [1.807, 2.05) is 49.4 Å². The molecule has 0 aliphatic heterocycles. The fraction of sp³-hybridized carbons (Fsp3) is 0.143. The SMILES string of the molecule is C[C@H](N)c1ccc(Sc2ccccc2Cl)c(Cl)c1. The maximum atomic E-state index is 6.26. The highest BCUT2D eigenvalue weighted by Gasteiger charge is 2.08. The second-order valence-corrected chi connectivity index (χ2v) is 5.91. The molecule has 0 spiro atoms. The summed E-state index contributed by atoms with van der Waals surface area (Å²) in [4.78, 5) is 1.98. The molecule has 94 valence electrons. The zero-order valence-corrected chi connectivity index (χ0v) is 12.2. The molecule has 0 amide bonds. The Hall–Kier alpha value is -0.670. The van der Waals surface area contributed by atoms with Crippen molar-refractivity contribution in [2.24, 2.45) is 5.73 Å². The average molecular weight is 298 g/mol. The Labute approximate surface area is 121 Å². The molecule has 2 rings (SSSR count). The highest BCUT2D eigenvalue weighted by molar-refractivity contribution is 7.99. The van der Waals surface area contributed by atoms with Gasteiger partial charge in [0.25, 0.3) is 0 Å². The summed E-state index contributed by atoms with van der Waals surface area (Å²) in [7, 11) is 0. The van der Waals surface area contributed by atoms with Crippen LogP contribution in [0.2, 0.25) is 10.0 Å². The predicted octanol–water partition coefficient (Wildman–Crippen LogP) is 5.16. The number of hydrogen-bond acceptors (Lipinski definition) is 2. The molecular formula is C14H13Cl2NS. The number of rotatable bonds is 3. The van der Waals surface area contributed by atoms with Crippen molar-refractivity contribution in [3.8, 4) is 0 Å². The summed E-state index contributed by atoms with van der Waals surface area (Å²) in [5, 5.41) is 1.43. The van der Waals surface area contributed by atoms with Gasteiger partial charge in [-0.25, -0.2) is 0 Å². The summed E-state index contributed by atoms with van der Waals surface area (Å²) in [6.45, 7) is 1.94. The maximum absolute atomic E-state index is 6.26. The molecule has 0 bridgehead atoms. The van der Waals surface area contributed by atoms with Crippen LogP contribution in [0.25, 0.3) is 0 Å². The van der Waals surface area contributed by atoms with Gasteiger partial charge in [-0.2, -0.15) is 0 Å². The maximum Gasteiger partial charge on any atom is 0.0548 e. The van der Waals surface area contributed by atoms with Gasteiger partial charge in [-0.15, -0.1) is 0 Å². The average Bonchev–Trinajstić information content (AvgIpc) is 2.34. The molecular weight excluding hydrogens is 285 g/mol. The van der Waals surface area contributed by atoms with Crippen molar-refractivity contribution >= 4 is 35.0 Å². The van der Waals surface area contributed by atoms with Crippen LogP contribution < -0.4 is 5.73 Å². The Morgan fingerprint density at radius 2 is 1.67 bits per heavy atom. The van der Waals surface area contributed by atoms with Crippen LogP contribution >= 0.6 is 35.0 Å². The van der Waals surface area contributed by atoms with E-state index in [2.05, 4.69) is 0 Å². The quantitative estimate of drug-likeness (QED) is 0.846. The van der Waals surface area contributed by atoms with Crippen LogP contribution in [-0.4, -0.2) is 0 Å². The second kappa shape index (κ2) is 5.98. The van der Waals surface area contributed by atoms with Crippen molar-refractivity contribution in [1.82, 2.24) is 0 Å². The summed E-state index contributed by atoms with van der Waals surface area (Å²) in [6, 6.07) is 13.6. The van der Waals surface area contributed by atoms with Gasteiger partial charge in [0.2, 0.25) is 0 Å². The Morgan fingerprint density at radius 1 is 1.00 bits per heavy atom. The van der Waals surface area contributed by atoms with E-state index in [9.17, 15) is 0 Å². The fourth-order valence-corrected chi connectivity index (χ4v) is 2.93. The molecule has 4 heteroatoms. The first-order valence-corrected chi connectivity index (χ1v) is 7.12. The molecule has 0 unspecified atom stereocenters. The largest absolute Gasteiger partial charge is 0.324 e. The van der Waals surface area contributed by atoms with Crippen molar-refractivity contribution < 1.29 is 0 Å². The molecule has 18 heavy (non-hydrogen) atoms. The van der Waals surface area contributed by atoms with Crippen LogP contribution in [0, 0.1) is 0 Å². The van der Waals surface area contributed by atoms with Crippen LogP contribution in [-0.2, 0) is 0 Å². The molecule has 1 atom stereocenters. The van der Waals surface area contributed by atoms with Crippen molar-refractivity contribution in [3.63, 3.8) is 0 Å². The minimum absolute atomic E-state index is 0.0122. The van der Waals surface area contributed by atoms with E-state index in [4.69, 9.17) is 28.9 Å². The Morgan fingerprint density at radius 3 is 2.28 bits per heavy atom. The van der Waals surface area contributed by atoms with Crippen molar-refractivity contribution in [1.29, 1.82) is 0 Å². The van der Waals surface area contributed by atoms with E-state index in [-0.39, 0.29) is 6.04 Å². The van der Waals surface area contributed by atoms with E-state index in [0.717, 1.165) is 20.4 Å². The van der Waals surface area contributed by atoms with Gasteiger partial charge in [-0.05, 0) is 36.8 Å². The third-order valence-electron chi connectivity index (χ3n) is 2.54. The van der Waals surface area contributed by atoms with Gasteiger partial charge in [0.1, 0.15) is 0 Å².